The maximum atomic E-state index is 6.32. The van der Waals surface area contributed by atoms with Crippen LogP contribution in [0.15, 0.2) is 24.3 Å². The Kier molecular flexibility index (Phi) is 15.7. The number of rotatable bonds is 19. The van der Waals surface area contributed by atoms with Crippen LogP contribution in [0, 0.1) is 0 Å². The second-order valence-corrected chi connectivity index (χ2v) is 10.1. The molecule has 1 aromatic rings. The van der Waals surface area contributed by atoms with Crippen LogP contribution in [0.25, 0.3) is 0 Å². The van der Waals surface area contributed by atoms with Crippen LogP contribution >= 0.6 is 11.6 Å². The number of nitrogens with zero attached hydrogens (tertiary/aromatic N) is 1. The Hall–Kier alpha value is -0.530. The molecule has 0 fully saturated rings. The quantitative estimate of drug-likeness (QED) is 0.154. The number of benzene rings is 1. The molecule has 0 heterocycles. The fourth-order valence-electron chi connectivity index (χ4n) is 4.25. The van der Waals surface area contributed by atoms with Crippen molar-refractivity contribution in [3.63, 3.8) is 0 Å². The first-order valence-corrected chi connectivity index (χ1v) is 13.0. The summed E-state index contributed by atoms with van der Waals surface area (Å²) in [5, 5.41) is 0.908. The van der Waals surface area contributed by atoms with Gasteiger partial charge >= 0.3 is 0 Å². The van der Waals surface area contributed by atoms with E-state index in [1.54, 1.807) is 0 Å². The predicted molar refractivity (Wildman–Crippen MR) is 132 cm³/mol. The van der Waals surface area contributed by atoms with Gasteiger partial charge in [-0.3, -0.25) is 0 Å². The van der Waals surface area contributed by atoms with Crippen molar-refractivity contribution >= 4 is 11.6 Å². The van der Waals surface area contributed by atoms with E-state index in [9.17, 15) is 0 Å². The van der Waals surface area contributed by atoms with Crippen LogP contribution in [0.5, 0.6) is 0 Å². The highest BCUT2D eigenvalue weighted by Crippen LogP contribution is 2.20. The fourth-order valence-corrected chi connectivity index (χ4v) is 4.45. The molecule has 0 saturated carbocycles. The Morgan fingerprint density at radius 3 is 1.48 bits per heavy atom. The summed E-state index contributed by atoms with van der Waals surface area (Å²) in [5.41, 5.74) is 1.27. The molecule has 0 unspecified atom stereocenters. The average Bonchev–Trinajstić information content (AvgIpc) is 2.69. The van der Waals surface area contributed by atoms with Gasteiger partial charge in [0.2, 0.25) is 0 Å². The molecule has 1 aromatic carbocycles. The van der Waals surface area contributed by atoms with Crippen molar-refractivity contribution in [1.29, 1.82) is 0 Å². The van der Waals surface area contributed by atoms with E-state index >= 15 is 0 Å². The minimum atomic E-state index is 0.908. The van der Waals surface area contributed by atoms with Crippen LogP contribution in [0.3, 0.4) is 0 Å². The Bertz CT molecular complexity index is 497. The van der Waals surface area contributed by atoms with Crippen molar-refractivity contribution in [3.05, 3.63) is 34.9 Å². The first-order valence-electron chi connectivity index (χ1n) is 12.6. The van der Waals surface area contributed by atoms with Gasteiger partial charge in [0.15, 0.2) is 0 Å². The van der Waals surface area contributed by atoms with Gasteiger partial charge in [0.1, 0.15) is 6.54 Å². The van der Waals surface area contributed by atoms with Crippen LogP contribution in [-0.2, 0) is 6.54 Å². The van der Waals surface area contributed by atoms with Crippen LogP contribution in [0.4, 0.5) is 0 Å². The summed E-state index contributed by atoms with van der Waals surface area (Å²) in [4.78, 5) is 0. The lowest BCUT2D eigenvalue weighted by atomic mass is 10.0. The van der Waals surface area contributed by atoms with Gasteiger partial charge in [-0.05, 0) is 18.9 Å². The summed E-state index contributed by atoms with van der Waals surface area (Å²) in [6.45, 7) is 4.56. The Labute approximate surface area is 187 Å². The maximum absolute atomic E-state index is 6.32. The minimum Gasteiger partial charge on any atom is -0.325 e. The molecule has 0 aliphatic carbocycles. The second-order valence-electron chi connectivity index (χ2n) is 9.71. The van der Waals surface area contributed by atoms with Crippen LogP contribution < -0.4 is 0 Å². The summed E-state index contributed by atoms with van der Waals surface area (Å²) in [6, 6.07) is 8.28. The second kappa shape index (κ2) is 17.2. The third-order valence-corrected chi connectivity index (χ3v) is 6.54. The molecule has 0 amide bonds. The topological polar surface area (TPSA) is 0 Å². The zero-order valence-electron chi connectivity index (χ0n) is 19.9. The molecule has 1 rings (SSSR count). The van der Waals surface area contributed by atoms with Crippen LogP contribution in [0.2, 0.25) is 5.02 Å². The zero-order valence-corrected chi connectivity index (χ0v) is 20.6. The van der Waals surface area contributed by atoms with E-state index in [1.165, 1.54) is 115 Å². The van der Waals surface area contributed by atoms with Crippen molar-refractivity contribution in [3.8, 4) is 0 Å². The molecule has 0 bridgehead atoms. The van der Waals surface area contributed by atoms with E-state index < -0.39 is 0 Å². The van der Waals surface area contributed by atoms with Gasteiger partial charge < -0.3 is 4.48 Å². The molecule has 0 atom stereocenters. The van der Waals surface area contributed by atoms with Crippen molar-refractivity contribution in [2.45, 2.75) is 116 Å². The van der Waals surface area contributed by atoms with Crippen molar-refractivity contribution in [2.75, 3.05) is 20.6 Å². The van der Waals surface area contributed by atoms with E-state index in [0.717, 1.165) is 16.1 Å². The third kappa shape index (κ3) is 15.0. The lowest BCUT2D eigenvalue weighted by Gasteiger charge is -2.30. The lowest BCUT2D eigenvalue weighted by molar-refractivity contribution is -0.903. The Morgan fingerprint density at radius 2 is 1.03 bits per heavy atom. The van der Waals surface area contributed by atoms with Gasteiger partial charge in [0, 0.05) is 10.6 Å². The van der Waals surface area contributed by atoms with E-state index in [-0.39, 0.29) is 0 Å². The molecular weight excluding hydrogens is 374 g/mol. The van der Waals surface area contributed by atoms with Gasteiger partial charge in [-0.15, -0.1) is 0 Å². The van der Waals surface area contributed by atoms with E-state index in [4.69, 9.17) is 11.6 Å². The average molecular weight is 423 g/mol. The zero-order chi connectivity index (χ0) is 21.2. The summed E-state index contributed by atoms with van der Waals surface area (Å²) < 4.78 is 1.03. The third-order valence-electron chi connectivity index (χ3n) is 6.17. The lowest BCUT2D eigenvalue weighted by Crippen LogP contribution is -2.39. The first kappa shape index (κ1) is 26.5. The van der Waals surface area contributed by atoms with Crippen molar-refractivity contribution in [1.82, 2.24) is 0 Å². The number of hydrogen-bond acceptors (Lipinski definition) is 0. The van der Waals surface area contributed by atoms with Gasteiger partial charge in [0.25, 0.3) is 0 Å². The molecule has 1 nitrogen and oxygen atoms in total. The highest BCUT2D eigenvalue weighted by atomic mass is 35.5. The summed E-state index contributed by atoms with van der Waals surface area (Å²) in [7, 11) is 4.66. The van der Waals surface area contributed by atoms with Crippen LogP contribution in [0.1, 0.15) is 115 Å². The maximum Gasteiger partial charge on any atom is 0.105 e. The first-order chi connectivity index (χ1) is 14.0. The van der Waals surface area contributed by atoms with Crippen molar-refractivity contribution in [2.24, 2.45) is 0 Å². The Balaban J connectivity index is 1.88. The number of quaternary nitrogens is 1. The molecule has 2 heteroatoms. The largest absolute Gasteiger partial charge is 0.325 e. The predicted octanol–water partition coefficient (Wildman–Crippen LogP) is 9.18. The molecule has 0 radical (unpaired) electrons. The highest BCUT2D eigenvalue weighted by Gasteiger charge is 2.16. The van der Waals surface area contributed by atoms with Crippen molar-refractivity contribution < 1.29 is 4.48 Å². The normalized spacial score (nSPS) is 11.9. The standard InChI is InChI=1S/C27H49ClN/c1-4-5-6-7-8-9-10-11-12-13-14-15-16-17-18-21-24-29(2,3)25-26-22-19-20-23-27(26)28/h19-20,22-23H,4-18,21,24-25H2,1-3H3/q+1. The fraction of sp³-hybridized carbons (Fsp3) is 0.778. The van der Waals surface area contributed by atoms with E-state index in [2.05, 4.69) is 33.2 Å². The molecule has 0 saturated heterocycles. The van der Waals surface area contributed by atoms with Crippen LogP contribution in [-0.4, -0.2) is 25.1 Å². The molecule has 0 spiro atoms. The molecule has 0 aliphatic heterocycles. The van der Waals surface area contributed by atoms with Gasteiger partial charge in [-0.2, -0.15) is 0 Å². The number of halogens is 1. The molecule has 0 aliphatic rings. The van der Waals surface area contributed by atoms with Gasteiger partial charge in [0.05, 0.1) is 20.6 Å². The summed E-state index contributed by atoms with van der Waals surface area (Å²) in [5.74, 6) is 0. The molecular formula is C27H49ClN+. The van der Waals surface area contributed by atoms with Gasteiger partial charge in [-0.1, -0.05) is 127 Å². The highest BCUT2D eigenvalue weighted by molar-refractivity contribution is 6.31. The molecule has 29 heavy (non-hydrogen) atoms. The van der Waals surface area contributed by atoms with E-state index in [0.29, 0.717) is 0 Å². The number of hydrogen-bond donors (Lipinski definition) is 0. The molecule has 168 valence electrons. The SMILES string of the molecule is CCCCCCCCCCCCCCCCCC[N+](C)(C)Cc1ccccc1Cl. The minimum absolute atomic E-state index is 0.908. The smallest absolute Gasteiger partial charge is 0.105 e. The molecule has 0 N–H and O–H groups in total. The molecule has 0 aromatic heterocycles. The summed E-state index contributed by atoms with van der Waals surface area (Å²) >= 11 is 6.32. The van der Waals surface area contributed by atoms with E-state index in [1.807, 2.05) is 12.1 Å². The Morgan fingerprint density at radius 1 is 0.621 bits per heavy atom. The van der Waals surface area contributed by atoms with Gasteiger partial charge in [-0.25, -0.2) is 0 Å². The number of unbranched alkanes of at least 4 members (excludes halogenated alkanes) is 15. The monoisotopic (exact) mass is 422 g/mol. The summed E-state index contributed by atoms with van der Waals surface area (Å²) in [6.07, 6.45) is 22.9.